The largest absolute Gasteiger partial charge is 0.497 e. The Hall–Kier alpha value is -3.04. The molecule has 1 fully saturated rings. The predicted octanol–water partition coefficient (Wildman–Crippen LogP) is 3.51. The van der Waals surface area contributed by atoms with Crippen molar-refractivity contribution < 1.29 is 27.5 Å². The maximum absolute atomic E-state index is 13.4. The Bertz CT molecular complexity index is 1130. The van der Waals surface area contributed by atoms with Crippen molar-refractivity contribution in [1.29, 1.82) is 0 Å². The Labute approximate surface area is 198 Å². The predicted molar refractivity (Wildman–Crippen MR) is 125 cm³/mol. The Morgan fingerprint density at radius 3 is 2.42 bits per heavy atom. The molecule has 0 aromatic heterocycles. The highest BCUT2D eigenvalue weighted by atomic mass is 35.5. The summed E-state index contributed by atoms with van der Waals surface area (Å²) in [5.74, 6) is -0.587. The molecule has 8 nitrogen and oxygen atoms in total. The lowest BCUT2D eigenvalue weighted by atomic mass is 10.2. The van der Waals surface area contributed by atoms with Gasteiger partial charge in [-0.25, -0.2) is 13.2 Å². The number of likely N-dealkylation sites (tertiary alicyclic amines) is 1. The summed E-state index contributed by atoms with van der Waals surface area (Å²) in [7, 11) is -2.56. The van der Waals surface area contributed by atoms with Crippen LogP contribution < -0.4 is 9.04 Å². The molecular formula is C23H25ClN2O6S. The molecule has 1 aliphatic rings. The minimum absolute atomic E-state index is 0.00139. The van der Waals surface area contributed by atoms with Crippen LogP contribution in [0.1, 0.15) is 23.2 Å². The lowest BCUT2D eigenvalue weighted by Crippen LogP contribution is -2.32. The fourth-order valence-corrected chi connectivity index (χ4v) is 5.08. The molecule has 1 amide bonds. The van der Waals surface area contributed by atoms with E-state index in [0.717, 1.165) is 23.2 Å². The molecule has 0 N–H and O–H groups in total. The summed E-state index contributed by atoms with van der Waals surface area (Å²) >= 11 is 6.14. The topological polar surface area (TPSA) is 93.2 Å². The van der Waals surface area contributed by atoms with Crippen molar-refractivity contribution in [2.45, 2.75) is 17.7 Å². The monoisotopic (exact) mass is 492 g/mol. The highest BCUT2D eigenvalue weighted by Gasteiger charge is 2.27. The highest BCUT2D eigenvalue weighted by Crippen LogP contribution is 2.28. The van der Waals surface area contributed by atoms with Gasteiger partial charge in [-0.3, -0.25) is 9.10 Å². The van der Waals surface area contributed by atoms with E-state index in [4.69, 9.17) is 21.1 Å². The van der Waals surface area contributed by atoms with Crippen LogP contribution in [0.3, 0.4) is 0 Å². The van der Waals surface area contributed by atoms with Gasteiger partial charge < -0.3 is 14.4 Å². The van der Waals surface area contributed by atoms with E-state index in [1.54, 1.807) is 29.2 Å². The van der Waals surface area contributed by atoms with Gasteiger partial charge in [0.25, 0.3) is 15.9 Å². The molecule has 2 aromatic carbocycles. The highest BCUT2D eigenvalue weighted by molar-refractivity contribution is 7.92. The van der Waals surface area contributed by atoms with Crippen LogP contribution in [0, 0.1) is 0 Å². The van der Waals surface area contributed by atoms with Gasteiger partial charge in [-0.2, -0.15) is 0 Å². The summed E-state index contributed by atoms with van der Waals surface area (Å²) in [4.78, 5) is 26.2. The van der Waals surface area contributed by atoms with E-state index in [1.165, 1.54) is 25.3 Å². The van der Waals surface area contributed by atoms with Crippen LogP contribution in [0.4, 0.5) is 5.69 Å². The first-order valence-electron chi connectivity index (χ1n) is 10.3. The molecule has 0 radical (unpaired) electrons. The minimum Gasteiger partial charge on any atom is -0.497 e. The number of carbonyl (C=O) groups is 2. The molecule has 1 saturated heterocycles. The number of rotatable bonds is 9. The smallest absolute Gasteiger partial charge is 0.340 e. The summed E-state index contributed by atoms with van der Waals surface area (Å²) in [5.41, 5.74) is 0.256. The van der Waals surface area contributed by atoms with E-state index in [0.29, 0.717) is 24.5 Å². The lowest BCUT2D eigenvalue weighted by Gasteiger charge is -2.23. The van der Waals surface area contributed by atoms with E-state index in [1.807, 2.05) is 0 Å². The van der Waals surface area contributed by atoms with E-state index in [2.05, 4.69) is 6.58 Å². The van der Waals surface area contributed by atoms with Crippen LogP contribution in [0.2, 0.25) is 5.02 Å². The number of esters is 1. The van der Waals surface area contributed by atoms with Crippen molar-refractivity contribution in [3.8, 4) is 5.75 Å². The molecule has 176 valence electrons. The molecule has 33 heavy (non-hydrogen) atoms. The average molecular weight is 493 g/mol. The van der Waals surface area contributed by atoms with Crippen LogP contribution in [0.15, 0.2) is 60.0 Å². The van der Waals surface area contributed by atoms with Crippen LogP contribution in [-0.4, -0.2) is 58.5 Å². The Morgan fingerprint density at radius 1 is 1.15 bits per heavy atom. The quantitative estimate of drug-likeness (QED) is 0.393. The minimum atomic E-state index is -4.07. The van der Waals surface area contributed by atoms with Crippen molar-refractivity contribution in [2.75, 3.05) is 37.7 Å². The molecule has 0 bridgehead atoms. The van der Waals surface area contributed by atoms with E-state index >= 15 is 0 Å². The fraction of sp³-hybridized carbons (Fsp3) is 0.304. The number of sulfonamides is 1. The van der Waals surface area contributed by atoms with Crippen LogP contribution >= 0.6 is 11.6 Å². The summed E-state index contributed by atoms with van der Waals surface area (Å²) < 4.78 is 38.2. The van der Waals surface area contributed by atoms with Crippen LogP contribution in [0.25, 0.3) is 0 Å². The number of nitrogens with zero attached hydrogens (tertiary/aromatic N) is 2. The normalized spacial score (nSPS) is 13.5. The van der Waals surface area contributed by atoms with Gasteiger partial charge in [-0.1, -0.05) is 17.7 Å². The van der Waals surface area contributed by atoms with E-state index < -0.39 is 22.6 Å². The zero-order chi connectivity index (χ0) is 24.0. The maximum atomic E-state index is 13.4. The summed E-state index contributed by atoms with van der Waals surface area (Å²) in [6, 6.07) is 10.3. The molecule has 0 unspecified atom stereocenters. The number of anilines is 1. The molecule has 0 atom stereocenters. The lowest BCUT2D eigenvalue weighted by molar-refractivity contribution is -0.133. The summed E-state index contributed by atoms with van der Waals surface area (Å²) in [6.07, 6.45) is 3.29. The standard InChI is InChI=1S/C23H25ClN2O6S/c1-3-12-26(17-6-8-18(31-2)9-7-17)33(29,30)19-10-11-21(24)20(15-19)23(28)32-16-22(27)25-13-4-5-14-25/h3,6-11,15H,1,4-5,12-14,16H2,2H3. The third kappa shape index (κ3) is 5.66. The van der Waals surface area contributed by atoms with Crippen LogP contribution in [0.5, 0.6) is 5.75 Å². The fourth-order valence-electron chi connectivity index (χ4n) is 3.42. The van der Waals surface area contributed by atoms with Gasteiger partial charge in [-0.05, 0) is 55.3 Å². The first kappa shape index (κ1) is 24.6. The molecule has 1 heterocycles. The average Bonchev–Trinajstić information content (AvgIpc) is 3.36. The second-order valence-corrected chi connectivity index (χ2v) is 9.60. The number of hydrogen-bond acceptors (Lipinski definition) is 6. The second kappa shape index (κ2) is 10.7. The van der Waals surface area contributed by atoms with Gasteiger partial charge in [-0.15, -0.1) is 6.58 Å². The van der Waals surface area contributed by atoms with Crippen molar-refractivity contribution in [3.63, 3.8) is 0 Å². The van der Waals surface area contributed by atoms with Gasteiger partial charge in [0, 0.05) is 13.1 Å². The number of benzene rings is 2. The third-order valence-corrected chi connectivity index (χ3v) is 7.31. The molecule has 3 rings (SSSR count). The number of halogens is 1. The first-order valence-corrected chi connectivity index (χ1v) is 12.1. The van der Waals surface area contributed by atoms with Gasteiger partial charge in [0.15, 0.2) is 6.61 Å². The van der Waals surface area contributed by atoms with Crippen molar-refractivity contribution in [3.05, 3.63) is 65.7 Å². The Morgan fingerprint density at radius 2 is 1.82 bits per heavy atom. The first-order chi connectivity index (χ1) is 15.8. The zero-order valence-corrected chi connectivity index (χ0v) is 19.8. The van der Waals surface area contributed by atoms with Gasteiger partial charge in [0.05, 0.1) is 34.8 Å². The SMILES string of the molecule is C=CCN(c1ccc(OC)cc1)S(=O)(=O)c1ccc(Cl)c(C(=O)OCC(=O)N2CCCC2)c1. The summed E-state index contributed by atoms with van der Waals surface area (Å²) in [6.45, 7) is 4.48. The zero-order valence-electron chi connectivity index (χ0n) is 18.2. The van der Waals surface area contributed by atoms with E-state index in [9.17, 15) is 18.0 Å². The number of hydrogen-bond donors (Lipinski definition) is 0. The molecule has 1 aliphatic heterocycles. The molecular weight excluding hydrogens is 468 g/mol. The van der Waals surface area contributed by atoms with E-state index in [-0.39, 0.29) is 27.9 Å². The Balaban J connectivity index is 1.84. The maximum Gasteiger partial charge on any atom is 0.340 e. The summed E-state index contributed by atoms with van der Waals surface area (Å²) in [5, 5.41) is 0.0206. The molecule has 0 spiro atoms. The molecule has 10 heteroatoms. The number of methoxy groups -OCH3 is 1. The van der Waals surface area contributed by atoms with Crippen molar-refractivity contribution in [2.24, 2.45) is 0 Å². The van der Waals surface area contributed by atoms with Gasteiger partial charge in [0.2, 0.25) is 0 Å². The molecule has 0 aliphatic carbocycles. The van der Waals surface area contributed by atoms with Crippen molar-refractivity contribution in [1.82, 2.24) is 4.90 Å². The van der Waals surface area contributed by atoms with Crippen LogP contribution in [-0.2, 0) is 19.6 Å². The molecule has 2 aromatic rings. The third-order valence-electron chi connectivity index (χ3n) is 5.19. The molecule has 0 saturated carbocycles. The van der Waals surface area contributed by atoms with Gasteiger partial charge in [0.1, 0.15) is 5.75 Å². The van der Waals surface area contributed by atoms with Gasteiger partial charge >= 0.3 is 5.97 Å². The van der Waals surface area contributed by atoms with Crippen molar-refractivity contribution >= 4 is 39.2 Å². The second-order valence-electron chi connectivity index (χ2n) is 7.33. The number of ether oxygens (including phenoxy) is 2. The number of carbonyl (C=O) groups excluding carboxylic acids is 2. The Kier molecular flexibility index (Phi) is 7.99. The number of amides is 1.